The van der Waals surface area contributed by atoms with Gasteiger partial charge in [-0.15, -0.1) is 0 Å². The molecular formula is C20H19ClN2O2. The van der Waals surface area contributed by atoms with Crippen LogP contribution in [0, 0.1) is 13.8 Å². The lowest BCUT2D eigenvalue weighted by molar-refractivity contribution is -0.120. The molecule has 1 heterocycles. The zero-order valence-electron chi connectivity index (χ0n) is 14.3. The number of aryl methyl sites for hydroxylation is 2. The lowest BCUT2D eigenvalue weighted by atomic mass is 10.1. The molecule has 2 aromatic carbocycles. The van der Waals surface area contributed by atoms with E-state index in [-0.39, 0.29) is 16.8 Å². The first-order valence-electron chi connectivity index (χ1n) is 8.07. The summed E-state index contributed by atoms with van der Waals surface area (Å²) in [5, 5.41) is 3.02. The topological polar surface area (TPSA) is 49.4 Å². The van der Waals surface area contributed by atoms with E-state index in [2.05, 4.69) is 5.32 Å². The van der Waals surface area contributed by atoms with Crippen molar-refractivity contribution in [2.45, 2.75) is 26.8 Å². The van der Waals surface area contributed by atoms with E-state index in [1.165, 1.54) is 0 Å². The molecule has 0 spiro atoms. The Hall–Kier alpha value is -2.59. The molecule has 1 aliphatic heterocycles. The van der Waals surface area contributed by atoms with Crippen molar-refractivity contribution in [3.63, 3.8) is 0 Å². The summed E-state index contributed by atoms with van der Waals surface area (Å²) in [7, 11) is 0. The summed E-state index contributed by atoms with van der Waals surface area (Å²) in [6.45, 7) is 5.70. The smallest absolute Gasteiger partial charge is 0.283 e. The Bertz CT molecular complexity index is 875. The summed E-state index contributed by atoms with van der Waals surface area (Å²) in [4.78, 5) is 26.6. The lowest BCUT2D eigenvalue weighted by Crippen LogP contribution is -2.34. The predicted octanol–water partition coefficient (Wildman–Crippen LogP) is 3.98. The summed E-state index contributed by atoms with van der Waals surface area (Å²) in [6.07, 6.45) is 0. The Balaban J connectivity index is 1.91. The fourth-order valence-corrected chi connectivity index (χ4v) is 3.07. The third-order valence-corrected chi connectivity index (χ3v) is 4.64. The van der Waals surface area contributed by atoms with Crippen molar-refractivity contribution in [1.82, 2.24) is 5.32 Å². The molecule has 0 bridgehead atoms. The summed E-state index contributed by atoms with van der Waals surface area (Å²) in [5.41, 5.74) is 3.52. The maximum Gasteiger partial charge on any atom is 0.283 e. The number of benzene rings is 2. The van der Waals surface area contributed by atoms with Crippen LogP contribution in [0.25, 0.3) is 0 Å². The van der Waals surface area contributed by atoms with Crippen LogP contribution in [0.1, 0.15) is 29.7 Å². The van der Waals surface area contributed by atoms with Gasteiger partial charge in [0, 0.05) is 6.04 Å². The summed E-state index contributed by atoms with van der Waals surface area (Å²) < 4.78 is 0. The molecule has 3 rings (SSSR count). The van der Waals surface area contributed by atoms with Gasteiger partial charge in [0.25, 0.3) is 11.8 Å². The van der Waals surface area contributed by atoms with Crippen LogP contribution < -0.4 is 10.2 Å². The Morgan fingerprint density at radius 2 is 1.68 bits per heavy atom. The second-order valence-electron chi connectivity index (χ2n) is 6.20. The first-order chi connectivity index (χ1) is 11.9. The maximum absolute atomic E-state index is 12.9. The molecule has 1 aliphatic rings. The molecule has 128 valence electrons. The van der Waals surface area contributed by atoms with E-state index < -0.39 is 11.8 Å². The fraction of sp³-hybridized carbons (Fsp3) is 0.200. The Morgan fingerprint density at radius 3 is 2.36 bits per heavy atom. The van der Waals surface area contributed by atoms with Crippen molar-refractivity contribution >= 4 is 29.1 Å². The van der Waals surface area contributed by atoms with Crippen molar-refractivity contribution < 1.29 is 9.59 Å². The number of hydrogen-bond acceptors (Lipinski definition) is 3. The molecule has 2 aromatic rings. The van der Waals surface area contributed by atoms with Crippen LogP contribution in [0.5, 0.6) is 0 Å². The molecule has 4 nitrogen and oxygen atoms in total. The van der Waals surface area contributed by atoms with E-state index in [1.54, 1.807) is 0 Å². The highest BCUT2D eigenvalue weighted by molar-refractivity contribution is 6.52. The summed E-state index contributed by atoms with van der Waals surface area (Å²) in [6, 6.07) is 15.2. The number of amides is 2. The third kappa shape index (κ3) is 3.17. The van der Waals surface area contributed by atoms with Gasteiger partial charge in [-0.3, -0.25) is 9.59 Å². The maximum atomic E-state index is 12.9. The van der Waals surface area contributed by atoms with E-state index >= 15 is 0 Å². The minimum atomic E-state index is -0.497. The number of imide groups is 1. The number of rotatable bonds is 4. The molecule has 0 aromatic heterocycles. The highest BCUT2D eigenvalue weighted by Crippen LogP contribution is 2.32. The second-order valence-corrected chi connectivity index (χ2v) is 6.58. The van der Waals surface area contributed by atoms with E-state index in [1.807, 2.05) is 69.3 Å². The minimum Gasteiger partial charge on any atom is -0.373 e. The standard InChI is InChI=1S/C20H19ClN2O2/c1-12-9-10-13(2)16(11-12)23-19(24)17(21)18(20(23)25)22-14(3)15-7-5-4-6-8-15/h4-11,14,22H,1-3H3. The van der Waals surface area contributed by atoms with Crippen LogP contribution in [-0.2, 0) is 9.59 Å². The number of nitrogens with zero attached hydrogens (tertiary/aromatic N) is 1. The zero-order chi connectivity index (χ0) is 18.1. The highest BCUT2D eigenvalue weighted by atomic mass is 35.5. The molecule has 0 fully saturated rings. The number of hydrogen-bond donors (Lipinski definition) is 1. The molecule has 0 saturated carbocycles. The van der Waals surface area contributed by atoms with E-state index in [0.29, 0.717) is 5.69 Å². The van der Waals surface area contributed by atoms with Crippen molar-refractivity contribution in [2.75, 3.05) is 4.90 Å². The zero-order valence-corrected chi connectivity index (χ0v) is 15.1. The summed E-state index contributed by atoms with van der Waals surface area (Å²) >= 11 is 6.20. The largest absolute Gasteiger partial charge is 0.373 e. The van der Waals surface area contributed by atoms with Crippen molar-refractivity contribution in [3.05, 3.63) is 76.0 Å². The molecule has 0 radical (unpaired) electrons. The minimum absolute atomic E-state index is 0.0753. The van der Waals surface area contributed by atoms with Crippen LogP contribution in [0.15, 0.2) is 59.3 Å². The number of carbonyl (C=O) groups is 2. The molecule has 1 N–H and O–H groups in total. The van der Waals surface area contributed by atoms with Crippen LogP contribution in [-0.4, -0.2) is 11.8 Å². The van der Waals surface area contributed by atoms with Gasteiger partial charge in [-0.05, 0) is 43.5 Å². The monoisotopic (exact) mass is 354 g/mol. The first-order valence-corrected chi connectivity index (χ1v) is 8.45. The van der Waals surface area contributed by atoms with Gasteiger partial charge in [0.05, 0.1) is 5.69 Å². The van der Waals surface area contributed by atoms with Gasteiger partial charge in [0.15, 0.2) is 0 Å². The average Bonchev–Trinajstić information content (AvgIpc) is 2.81. The van der Waals surface area contributed by atoms with Crippen LogP contribution in [0.2, 0.25) is 0 Å². The molecule has 2 amide bonds. The lowest BCUT2D eigenvalue weighted by Gasteiger charge is -2.19. The van der Waals surface area contributed by atoms with Crippen LogP contribution in [0.4, 0.5) is 5.69 Å². The van der Waals surface area contributed by atoms with Crippen molar-refractivity contribution in [3.8, 4) is 0 Å². The number of carbonyl (C=O) groups excluding carboxylic acids is 2. The first kappa shape index (κ1) is 17.2. The van der Waals surface area contributed by atoms with Crippen molar-refractivity contribution in [2.24, 2.45) is 0 Å². The quantitative estimate of drug-likeness (QED) is 0.845. The molecule has 1 unspecified atom stereocenters. The Morgan fingerprint density at radius 1 is 1.00 bits per heavy atom. The number of anilines is 1. The predicted molar refractivity (Wildman–Crippen MR) is 99.3 cm³/mol. The SMILES string of the molecule is Cc1ccc(C)c(N2C(=O)C(Cl)=C(NC(C)c3ccccc3)C2=O)c1. The summed E-state index contributed by atoms with van der Waals surface area (Å²) in [5.74, 6) is -0.922. The van der Waals surface area contributed by atoms with Gasteiger partial charge >= 0.3 is 0 Å². The van der Waals surface area contributed by atoms with Gasteiger partial charge in [-0.25, -0.2) is 4.90 Å². The third-order valence-electron chi connectivity index (χ3n) is 4.29. The molecule has 1 atom stereocenters. The average molecular weight is 355 g/mol. The van der Waals surface area contributed by atoms with E-state index in [0.717, 1.165) is 21.6 Å². The van der Waals surface area contributed by atoms with Crippen molar-refractivity contribution in [1.29, 1.82) is 0 Å². The molecule has 5 heteroatoms. The number of halogens is 1. The second kappa shape index (κ2) is 6.73. The normalized spacial score (nSPS) is 15.8. The Labute approximate surface area is 152 Å². The van der Waals surface area contributed by atoms with Gasteiger partial charge in [-0.1, -0.05) is 54.1 Å². The molecule has 0 aliphatic carbocycles. The van der Waals surface area contributed by atoms with Gasteiger partial charge in [0.2, 0.25) is 0 Å². The number of nitrogens with one attached hydrogen (secondary N) is 1. The molecule has 0 saturated heterocycles. The van der Waals surface area contributed by atoms with Crippen LogP contribution in [0.3, 0.4) is 0 Å². The van der Waals surface area contributed by atoms with Crippen LogP contribution >= 0.6 is 11.6 Å². The van der Waals surface area contributed by atoms with Gasteiger partial charge < -0.3 is 5.32 Å². The van der Waals surface area contributed by atoms with Gasteiger partial charge in [0.1, 0.15) is 10.7 Å². The van der Waals surface area contributed by atoms with E-state index in [4.69, 9.17) is 11.6 Å². The fourth-order valence-electron chi connectivity index (χ4n) is 2.85. The molecule has 25 heavy (non-hydrogen) atoms. The van der Waals surface area contributed by atoms with E-state index in [9.17, 15) is 9.59 Å². The Kier molecular flexibility index (Phi) is 4.64. The van der Waals surface area contributed by atoms with Gasteiger partial charge in [-0.2, -0.15) is 0 Å². The molecular weight excluding hydrogens is 336 g/mol. The highest BCUT2D eigenvalue weighted by Gasteiger charge is 2.39.